The lowest BCUT2D eigenvalue weighted by atomic mass is 9.98. The van der Waals surface area contributed by atoms with Crippen LogP contribution in [0.4, 0.5) is 15.9 Å². The summed E-state index contributed by atoms with van der Waals surface area (Å²) in [6.07, 6.45) is 7.90. The smallest absolute Gasteiger partial charge is 0.242 e. The van der Waals surface area contributed by atoms with Crippen molar-refractivity contribution in [3.05, 3.63) is 41.7 Å². The molecule has 3 fully saturated rings. The van der Waals surface area contributed by atoms with Crippen LogP contribution in [0.2, 0.25) is 0 Å². The first kappa shape index (κ1) is 23.1. The third-order valence-electron chi connectivity index (χ3n) is 7.69. The number of hydrogen-bond donors (Lipinski definition) is 3. The third kappa shape index (κ3) is 4.26. The molecule has 36 heavy (non-hydrogen) atoms. The quantitative estimate of drug-likeness (QED) is 0.429. The average molecular weight is 494 g/mol. The number of amides is 1. The number of rotatable bonds is 8. The predicted octanol–water partition coefficient (Wildman–Crippen LogP) is 1.38. The van der Waals surface area contributed by atoms with Gasteiger partial charge >= 0.3 is 0 Å². The van der Waals surface area contributed by atoms with Crippen molar-refractivity contribution in [1.29, 1.82) is 0 Å². The highest BCUT2D eigenvalue weighted by atomic mass is 19.1. The molecular formula is C25H32FN9O. The lowest BCUT2D eigenvalue weighted by molar-refractivity contribution is -0.125. The highest BCUT2D eigenvalue weighted by molar-refractivity contribution is 5.88. The lowest BCUT2D eigenvalue weighted by Gasteiger charge is -2.28. The van der Waals surface area contributed by atoms with Crippen molar-refractivity contribution in [3.63, 3.8) is 0 Å². The van der Waals surface area contributed by atoms with Crippen LogP contribution >= 0.6 is 0 Å². The molecule has 1 saturated heterocycles. The molecule has 5 N–H and O–H groups in total. The van der Waals surface area contributed by atoms with E-state index in [0.717, 1.165) is 36.9 Å². The second-order valence-electron chi connectivity index (χ2n) is 10.5. The lowest BCUT2D eigenvalue weighted by Crippen LogP contribution is -2.56. The molecule has 10 nitrogen and oxygen atoms in total. The maximum atomic E-state index is 15.4. The van der Waals surface area contributed by atoms with Crippen LogP contribution in [0, 0.1) is 5.82 Å². The molecule has 1 aliphatic heterocycles. The average Bonchev–Trinajstić information content (AvgIpc) is 3.78. The van der Waals surface area contributed by atoms with Crippen LogP contribution in [0.5, 0.6) is 0 Å². The number of nitrogens with zero attached hydrogens (tertiary/aromatic N) is 6. The summed E-state index contributed by atoms with van der Waals surface area (Å²) >= 11 is 0. The Morgan fingerprint density at radius 3 is 2.78 bits per heavy atom. The molecule has 1 aromatic carbocycles. The van der Waals surface area contributed by atoms with Crippen molar-refractivity contribution in [2.45, 2.75) is 62.8 Å². The van der Waals surface area contributed by atoms with Gasteiger partial charge in [0.2, 0.25) is 5.91 Å². The van der Waals surface area contributed by atoms with E-state index in [1.165, 1.54) is 12.4 Å². The number of hydrogen-bond acceptors (Lipinski definition) is 8. The molecule has 2 aromatic heterocycles. The molecule has 1 atom stereocenters. The largest absolute Gasteiger partial charge is 0.382 e. The van der Waals surface area contributed by atoms with E-state index < -0.39 is 5.54 Å². The number of anilines is 2. The molecular weight excluding hydrogens is 461 g/mol. The van der Waals surface area contributed by atoms with Crippen LogP contribution in [0.1, 0.15) is 43.2 Å². The summed E-state index contributed by atoms with van der Waals surface area (Å²) in [5.41, 5.74) is 15.1. The van der Waals surface area contributed by atoms with Gasteiger partial charge in [0.1, 0.15) is 23.2 Å². The van der Waals surface area contributed by atoms with E-state index >= 15 is 4.39 Å². The number of aromatic nitrogens is 4. The maximum absolute atomic E-state index is 15.4. The van der Waals surface area contributed by atoms with Crippen molar-refractivity contribution in [3.8, 4) is 0 Å². The number of imidazole rings is 1. The SMILES string of the molecule is CN(Cc1c(F)ccc(N2CC[C@](N)(C(=O)NC3CC3)C2)c1Cn1cnc2c(N)ncnc21)C1CC1. The second-order valence-corrected chi connectivity index (χ2v) is 10.5. The van der Waals surface area contributed by atoms with Gasteiger partial charge in [-0.25, -0.2) is 19.3 Å². The molecule has 3 heterocycles. The number of fused-ring (bicyclic) bond motifs is 1. The van der Waals surface area contributed by atoms with Crippen LogP contribution in [0.3, 0.4) is 0 Å². The third-order valence-corrected chi connectivity index (χ3v) is 7.69. The number of carbonyl (C=O) groups is 1. The number of nitrogens with one attached hydrogen (secondary N) is 1. The highest BCUT2D eigenvalue weighted by Gasteiger charge is 2.43. The van der Waals surface area contributed by atoms with Gasteiger partial charge < -0.3 is 26.3 Å². The van der Waals surface area contributed by atoms with E-state index in [2.05, 4.69) is 30.1 Å². The molecule has 2 saturated carbocycles. The molecule has 3 aliphatic rings. The van der Waals surface area contributed by atoms with Gasteiger partial charge in [-0.2, -0.15) is 0 Å². The first-order valence-corrected chi connectivity index (χ1v) is 12.6. The molecule has 2 aliphatic carbocycles. The Balaban J connectivity index is 1.37. The summed E-state index contributed by atoms with van der Waals surface area (Å²) in [5, 5.41) is 3.06. The number of halogens is 1. The Hall–Kier alpha value is -3.31. The van der Waals surface area contributed by atoms with Crippen LogP contribution in [-0.2, 0) is 17.9 Å². The number of nitrogen functional groups attached to an aromatic ring is 1. The Kier molecular flexibility index (Phi) is 5.56. The standard InChI is InChI=1S/C25H32FN9O/c1-33(16-4-5-16)10-17-18(11-35-14-31-21-22(27)29-13-30-23(21)35)20(7-6-19(17)26)34-9-8-25(28,12-34)24(36)32-15-2-3-15/h6-7,13-16H,2-5,8-12,28H2,1H3,(H,32,36)(H2,27,29,30)/t25-/m1/s1. The summed E-state index contributed by atoms with van der Waals surface area (Å²) in [6.45, 7) is 1.84. The zero-order valence-corrected chi connectivity index (χ0v) is 20.5. The van der Waals surface area contributed by atoms with E-state index in [1.54, 1.807) is 12.4 Å². The van der Waals surface area contributed by atoms with Crippen LogP contribution in [-0.4, -0.2) is 68.1 Å². The van der Waals surface area contributed by atoms with Crippen molar-refractivity contribution in [1.82, 2.24) is 29.7 Å². The van der Waals surface area contributed by atoms with E-state index in [-0.39, 0.29) is 17.8 Å². The topological polar surface area (TPSA) is 131 Å². The van der Waals surface area contributed by atoms with Gasteiger partial charge in [-0.15, -0.1) is 0 Å². The van der Waals surface area contributed by atoms with Crippen LogP contribution in [0.25, 0.3) is 11.2 Å². The highest BCUT2D eigenvalue weighted by Crippen LogP contribution is 2.35. The normalized spacial score (nSPS) is 22.1. The van der Waals surface area contributed by atoms with Gasteiger partial charge in [-0.1, -0.05) is 0 Å². The van der Waals surface area contributed by atoms with Crippen molar-refractivity contribution >= 4 is 28.6 Å². The van der Waals surface area contributed by atoms with Crippen molar-refractivity contribution in [2.24, 2.45) is 5.73 Å². The summed E-state index contributed by atoms with van der Waals surface area (Å²) in [6, 6.07) is 4.07. The Morgan fingerprint density at radius 2 is 2.03 bits per heavy atom. The summed E-state index contributed by atoms with van der Waals surface area (Å²) in [4.78, 5) is 30.0. The zero-order chi connectivity index (χ0) is 25.0. The van der Waals surface area contributed by atoms with Gasteiger partial charge in [-0.3, -0.25) is 9.69 Å². The summed E-state index contributed by atoms with van der Waals surface area (Å²) in [5.74, 6) is -0.0387. The Labute approximate surface area is 208 Å². The van der Waals surface area contributed by atoms with Gasteiger partial charge in [0.25, 0.3) is 0 Å². The molecule has 0 radical (unpaired) electrons. The van der Waals surface area contributed by atoms with E-state index in [9.17, 15) is 4.79 Å². The molecule has 190 valence electrons. The zero-order valence-electron chi connectivity index (χ0n) is 20.5. The second kappa shape index (κ2) is 8.67. The fourth-order valence-electron chi connectivity index (χ4n) is 5.16. The van der Waals surface area contributed by atoms with Gasteiger partial charge in [-0.05, 0) is 51.3 Å². The van der Waals surface area contributed by atoms with Crippen LogP contribution < -0.4 is 21.7 Å². The van der Waals surface area contributed by atoms with Crippen molar-refractivity contribution in [2.75, 3.05) is 30.8 Å². The summed E-state index contributed by atoms with van der Waals surface area (Å²) < 4.78 is 17.3. The minimum atomic E-state index is -0.970. The Bertz CT molecular complexity index is 1320. The molecule has 1 amide bonds. The van der Waals surface area contributed by atoms with E-state index in [4.69, 9.17) is 11.5 Å². The monoisotopic (exact) mass is 493 g/mol. The maximum Gasteiger partial charge on any atom is 0.242 e. The number of carbonyl (C=O) groups excluding carboxylic acids is 1. The van der Waals surface area contributed by atoms with Gasteiger partial charge in [0.15, 0.2) is 11.5 Å². The minimum Gasteiger partial charge on any atom is -0.382 e. The molecule has 0 spiro atoms. The first-order chi connectivity index (χ1) is 17.3. The van der Waals surface area contributed by atoms with Gasteiger partial charge in [0, 0.05) is 48.5 Å². The molecule has 11 heteroatoms. The molecule has 0 bridgehead atoms. The number of benzene rings is 1. The number of nitrogens with two attached hydrogens (primary N) is 2. The molecule has 3 aromatic rings. The minimum absolute atomic E-state index is 0.0994. The fraction of sp³-hybridized carbons (Fsp3) is 0.520. The van der Waals surface area contributed by atoms with Crippen LogP contribution in [0.15, 0.2) is 24.8 Å². The van der Waals surface area contributed by atoms with E-state index in [0.29, 0.717) is 61.2 Å². The van der Waals surface area contributed by atoms with Crippen molar-refractivity contribution < 1.29 is 9.18 Å². The first-order valence-electron chi connectivity index (χ1n) is 12.6. The fourth-order valence-corrected chi connectivity index (χ4v) is 5.16. The molecule has 6 rings (SSSR count). The molecule has 0 unspecified atom stereocenters. The predicted molar refractivity (Wildman–Crippen MR) is 135 cm³/mol. The Morgan fingerprint density at radius 1 is 1.22 bits per heavy atom. The summed E-state index contributed by atoms with van der Waals surface area (Å²) in [7, 11) is 2.04. The van der Waals surface area contributed by atoms with E-state index in [1.807, 2.05) is 11.6 Å². The van der Waals surface area contributed by atoms with Gasteiger partial charge in [0.05, 0.1) is 12.9 Å².